The maximum Gasteiger partial charge on any atom is 0.0698 e. The Morgan fingerprint density at radius 2 is 2.12 bits per heavy atom. The van der Waals surface area contributed by atoms with Crippen molar-refractivity contribution in [3.05, 3.63) is 6.92 Å². The predicted molar refractivity (Wildman–Crippen MR) is 34.7 cm³/mol. The summed E-state index contributed by atoms with van der Waals surface area (Å²) in [7, 11) is 5.66. The van der Waals surface area contributed by atoms with Crippen LogP contribution < -0.4 is 0 Å². The molecule has 0 aliphatic rings. The number of likely N-dealkylation sites (N-methyl/N-ethyl adjacent to an activating group) is 1. The quantitative estimate of drug-likeness (QED) is 0.529. The van der Waals surface area contributed by atoms with Gasteiger partial charge in [0.25, 0.3) is 0 Å². The van der Waals surface area contributed by atoms with Gasteiger partial charge in [-0.15, -0.1) is 0 Å². The minimum atomic E-state index is 0.102. The highest BCUT2D eigenvalue weighted by atomic mass is 16.5. The van der Waals surface area contributed by atoms with Crippen molar-refractivity contribution in [3.63, 3.8) is 0 Å². The zero-order valence-electron chi connectivity index (χ0n) is 5.85. The van der Waals surface area contributed by atoms with E-state index in [4.69, 9.17) is 4.74 Å². The summed E-state index contributed by atoms with van der Waals surface area (Å²) in [5.41, 5.74) is 0. The Morgan fingerprint density at radius 1 is 1.62 bits per heavy atom. The van der Waals surface area contributed by atoms with Gasteiger partial charge >= 0.3 is 0 Å². The van der Waals surface area contributed by atoms with Crippen molar-refractivity contribution < 1.29 is 4.74 Å². The molecule has 0 N–H and O–H groups in total. The van der Waals surface area contributed by atoms with Crippen molar-refractivity contribution in [3.8, 4) is 0 Å². The summed E-state index contributed by atoms with van der Waals surface area (Å²) in [6.45, 7) is 4.62. The van der Waals surface area contributed by atoms with Crippen molar-refractivity contribution in [1.82, 2.24) is 4.90 Å². The van der Waals surface area contributed by atoms with Crippen molar-refractivity contribution >= 4 is 0 Å². The largest absolute Gasteiger partial charge is 0.380 e. The highest BCUT2D eigenvalue weighted by Crippen LogP contribution is 1.86. The molecule has 2 nitrogen and oxygen atoms in total. The van der Waals surface area contributed by atoms with E-state index >= 15 is 0 Å². The van der Waals surface area contributed by atoms with Crippen LogP contribution in [-0.2, 0) is 4.74 Å². The normalized spacial score (nSPS) is 14.6. The molecule has 0 spiro atoms. The van der Waals surface area contributed by atoms with E-state index in [-0.39, 0.29) is 6.10 Å². The molecule has 0 aliphatic heterocycles. The molecule has 8 heavy (non-hydrogen) atoms. The van der Waals surface area contributed by atoms with Crippen LogP contribution in [0.3, 0.4) is 0 Å². The molecule has 0 heterocycles. The molecule has 0 amide bonds. The number of methoxy groups -OCH3 is 1. The second kappa shape index (κ2) is 3.87. The third kappa shape index (κ3) is 4.09. The third-order valence-corrected chi connectivity index (χ3v) is 0.902. The average Bonchev–Trinajstić information content (AvgIpc) is 1.65. The van der Waals surface area contributed by atoms with Crippen molar-refractivity contribution in [1.29, 1.82) is 0 Å². The molecule has 0 aromatic rings. The topological polar surface area (TPSA) is 12.5 Å². The lowest BCUT2D eigenvalue weighted by atomic mass is 10.4. The molecule has 1 unspecified atom stereocenters. The number of ether oxygens (including phenoxy) is 1. The van der Waals surface area contributed by atoms with Crippen LogP contribution in [0.25, 0.3) is 0 Å². The van der Waals surface area contributed by atoms with Crippen LogP contribution in [0.4, 0.5) is 0 Å². The van der Waals surface area contributed by atoms with Gasteiger partial charge < -0.3 is 9.64 Å². The van der Waals surface area contributed by atoms with Crippen LogP contribution in [-0.4, -0.2) is 38.8 Å². The van der Waals surface area contributed by atoms with Crippen LogP contribution in [0.1, 0.15) is 0 Å². The van der Waals surface area contributed by atoms with Crippen molar-refractivity contribution in [2.24, 2.45) is 0 Å². The van der Waals surface area contributed by atoms with Gasteiger partial charge in [0.1, 0.15) is 0 Å². The van der Waals surface area contributed by atoms with E-state index in [1.165, 1.54) is 0 Å². The van der Waals surface area contributed by atoms with Crippen LogP contribution in [0, 0.1) is 6.92 Å². The van der Waals surface area contributed by atoms with Gasteiger partial charge in [-0.1, -0.05) is 0 Å². The molecule has 1 radical (unpaired) electrons. The Kier molecular flexibility index (Phi) is 3.83. The molecule has 0 saturated heterocycles. The van der Waals surface area contributed by atoms with Gasteiger partial charge in [-0.25, -0.2) is 0 Å². The fraction of sp³-hybridized carbons (Fsp3) is 0.833. The van der Waals surface area contributed by atoms with Crippen LogP contribution >= 0.6 is 0 Å². The Bertz CT molecular complexity index is 54.5. The van der Waals surface area contributed by atoms with E-state index in [1.807, 2.05) is 19.0 Å². The van der Waals surface area contributed by atoms with Gasteiger partial charge in [0.05, 0.1) is 6.10 Å². The number of hydrogen-bond donors (Lipinski definition) is 0. The Hall–Kier alpha value is -0.0800. The average molecular weight is 116 g/mol. The summed E-state index contributed by atoms with van der Waals surface area (Å²) in [5, 5.41) is 0. The van der Waals surface area contributed by atoms with Gasteiger partial charge in [0, 0.05) is 13.7 Å². The first kappa shape index (κ1) is 7.92. The summed E-state index contributed by atoms with van der Waals surface area (Å²) in [6.07, 6.45) is 0.102. The second-order valence-corrected chi connectivity index (χ2v) is 2.12. The predicted octanol–water partition coefficient (Wildman–Crippen LogP) is 0.397. The minimum Gasteiger partial charge on any atom is -0.380 e. The Balaban J connectivity index is 3.10. The van der Waals surface area contributed by atoms with E-state index < -0.39 is 0 Å². The molecular formula is C6H14NO. The maximum atomic E-state index is 4.91. The van der Waals surface area contributed by atoms with Gasteiger partial charge in [0.15, 0.2) is 0 Å². The first-order chi connectivity index (χ1) is 3.66. The van der Waals surface area contributed by atoms with E-state index in [1.54, 1.807) is 7.11 Å². The molecule has 0 aromatic heterocycles. The number of nitrogens with zero attached hydrogens (tertiary/aromatic N) is 1. The van der Waals surface area contributed by atoms with Crippen LogP contribution in [0.5, 0.6) is 0 Å². The van der Waals surface area contributed by atoms with Gasteiger partial charge in [0.2, 0.25) is 0 Å². The highest BCUT2D eigenvalue weighted by Gasteiger charge is 1.98. The summed E-state index contributed by atoms with van der Waals surface area (Å²) < 4.78 is 4.91. The summed E-state index contributed by atoms with van der Waals surface area (Å²) >= 11 is 0. The van der Waals surface area contributed by atoms with E-state index in [0.717, 1.165) is 6.54 Å². The minimum absolute atomic E-state index is 0.102. The molecule has 1 atom stereocenters. The lowest BCUT2D eigenvalue weighted by Gasteiger charge is -2.14. The standard InChI is InChI=1S/C6H14NO/c1-6(8-4)5-7(2)3/h6H,1,5H2,2-4H3. The zero-order valence-corrected chi connectivity index (χ0v) is 5.85. The second-order valence-electron chi connectivity index (χ2n) is 2.12. The monoisotopic (exact) mass is 116 g/mol. The first-order valence-electron chi connectivity index (χ1n) is 2.67. The summed E-state index contributed by atoms with van der Waals surface area (Å²) in [4.78, 5) is 2.04. The first-order valence-corrected chi connectivity index (χ1v) is 2.67. The maximum absolute atomic E-state index is 4.91. The molecule has 0 aromatic carbocycles. The number of hydrogen-bond acceptors (Lipinski definition) is 2. The molecule has 0 rings (SSSR count). The van der Waals surface area contributed by atoms with E-state index in [2.05, 4.69) is 6.92 Å². The van der Waals surface area contributed by atoms with E-state index in [0.29, 0.717) is 0 Å². The van der Waals surface area contributed by atoms with Gasteiger partial charge in [-0.05, 0) is 21.0 Å². The molecule has 0 fully saturated rings. The van der Waals surface area contributed by atoms with Crippen molar-refractivity contribution in [2.75, 3.05) is 27.7 Å². The lowest BCUT2D eigenvalue weighted by molar-refractivity contribution is 0.112. The molecule has 0 aliphatic carbocycles. The smallest absolute Gasteiger partial charge is 0.0698 e. The molecule has 49 valence electrons. The fourth-order valence-electron chi connectivity index (χ4n) is 0.482. The fourth-order valence-corrected chi connectivity index (χ4v) is 0.482. The van der Waals surface area contributed by atoms with Crippen LogP contribution in [0.2, 0.25) is 0 Å². The SMILES string of the molecule is [CH2]C(CN(C)C)OC. The van der Waals surface area contributed by atoms with Crippen LogP contribution in [0.15, 0.2) is 0 Å². The molecule has 2 heteroatoms. The molecule has 0 saturated carbocycles. The number of rotatable bonds is 3. The molecule has 0 bridgehead atoms. The highest BCUT2D eigenvalue weighted by molar-refractivity contribution is 4.60. The summed E-state index contributed by atoms with van der Waals surface area (Å²) in [5.74, 6) is 0. The molecular weight excluding hydrogens is 102 g/mol. The van der Waals surface area contributed by atoms with E-state index in [9.17, 15) is 0 Å². The van der Waals surface area contributed by atoms with Crippen molar-refractivity contribution in [2.45, 2.75) is 6.10 Å². The zero-order chi connectivity index (χ0) is 6.57. The van der Waals surface area contributed by atoms with Gasteiger partial charge in [-0.2, -0.15) is 0 Å². The summed E-state index contributed by atoms with van der Waals surface area (Å²) in [6, 6.07) is 0. The Labute approximate surface area is 51.4 Å². The lowest BCUT2D eigenvalue weighted by Crippen LogP contribution is -2.24. The Morgan fingerprint density at radius 3 is 2.25 bits per heavy atom. The third-order valence-electron chi connectivity index (χ3n) is 0.902. The van der Waals surface area contributed by atoms with Gasteiger partial charge in [-0.3, -0.25) is 0 Å².